The Hall–Kier alpha value is -2.08. The van der Waals surface area contributed by atoms with Crippen LogP contribution in [0.5, 0.6) is 5.75 Å². The van der Waals surface area contributed by atoms with Crippen molar-refractivity contribution in [1.29, 1.82) is 0 Å². The molecule has 1 heterocycles. The van der Waals surface area contributed by atoms with E-state index in [-0.39, 0.29) is 11.6 Å². The molecule has 0 fully saturated rings. The molecule has 0 atom stereocenters. The first-order valence-corrected chi connectivity index (χ1v) is 6.92. The highest BCUT2D eigenvalue weighted by atomic mass is 35.5. The van der Waals surface area contributed by atoms with Gasteiger partial charge in [0, 0.05) is 0 Å². The molecule has 112 valence electrons. The van der Waals surface area contributed by atoms with Crippen LogP contribution in [0.25, 0.3) is 0 Å². The van der Waals surface area contributed by atoms with Gasteiger partial charge in [-0.15, -0.1) is 5.10 Å². The molecule has 6 nitrogen and oxygen atoms in total. The molecule has 0 radical (unpaired) electrons. The number of hydrogen-bond donors (Lipinski definition) is 1. The van der Waals surface area contributed by atoms with Crippen molar-refractivity contribution in [2.24, 2.45) is 0 Å². The van der Waals surface area contributed by atoms with Gasteiger partial charge < -0.3 is 9.84 Å². The smallest absolute Gasteiger partial charge is 0.358 e. The normalized spacial score (nSPS) is 10.9. The zero-order chi connectivity index (χ0) is 15.4. The molecule has 0 unspecified atom stereocenters. The lowest BCUT2D eigenvalue weighted by molar-refractivity contribution is 0.0688. The van der Waals surface area contributed by atoms with Crippen LogP contribution in [0, 0.1) is 0 Å². The molecular formula is C14H16ClN3O3. The lowest BCUT2D eigenvalue weighted by Crippen LogP contribution is -2.14. The molecule has 1 N–H and O–H groups in total. The second-order valence-electron chi connectivity index (χ2n) is 4.79. The van der Waals surface area contributed by atoms with Crippen LogP contribution >= 0.6 is 11.6 Å². The van der Waals surface area contributed by atoms with Crippen molar-refractivity contribution in [3.63, 3.8) is 0 Å². The number of para-hydroxylation sites is 1. The van der Waals surface area contributed by atoms with E-state index >= 15 is 0 Å². The van der Waals surface area contributed by atoms with E-state index in [1.54, 1.807) is 16.8 Å². The monoisotopic (exact) mass is 309 g/mol. The molecule has 1 aromatic carbocycles. The Balaban J connectivity index is 2.07. The molecule has 0 aliphatic heterocycles. The molecule has 7 heteroatoms. The highest BCUT2D eigenvalue weighted by molar-refractivity contribution is 6.32. The van der Waals surface area contributed by atoms with Crippen molar-refractivity contribution in [1.82, 2.24) is 15.0 Å². The Kier molecular flexibility index (Phi) is 4.80. The number of hydrogen-bond acceptors (Lipinski definition) is 4. The standard InChI is InChI=1S/C14H16ClN3O3/c1-9(2)13-12(14(19)20)16-17-18(13)7-8-21-11-6-4-3-5-10(11)15/h3-6,9H,7-8H2,1-2H3,(H,19,20). The third-order valence-electron chi connectivity index (χ3n) is 2.92. The predicted molar refractivity (Wildman–Crippen MR) is 78.0 cm³/mol. The van der Waals surface area contributed by atoms with Gasteiger partial charge in [-0.25, -0.2) is 9.48 Å². The Morgan fingerprint density at radius 3 is 2.76 bits per heavy atom. The molecule has 21 heavy (non-hydrogen) atoms. The van der Waals surface area contributed by atoms with Gasteiger partial charge in [0.25, 0.3) is 0 Å². The first-order chi connectivity index (χ1) is 10.0. The van der Waals surface area contributed by atoms with Crippen LogP contribution in [0.3, 0.4) is 0 Å². The van der Waals surface area contributed by atoms with Crippen LogP contribution in [0.1, 0.15) is 35.9 Å². The van der Waals surface area contributed by atoms with Crippen LogP contribution in [0.15, 0.2) is 24.3 Å². The highest BCUT2D eigenvalue weighted by Gasteiger charge is 2.21. The fraction of sp³-hybridized carbons (Fsp3) is 0.357. The van der Waals surface area contributed by atoms with Crippen molar-refractivity contribution in [3.8, 4) is 5.75 Å². The number of aromatic carboxylic acids is 1. The molecule has 0 saturated carbocycles. The van der Waals surface area contributed by atoms with E-state index in [0.717, 1.165) is 0 Å². The Labute approximate surface area is 127 Å². The fourth-order valence-electron chi connectivity index (χ4n) is 2.01. The number of nitrogens with zero attached hydrogens (tertiary/aromatic N) is 3. The average Bonchev–Trinajstić information content (AvgIpc) is 2.85. The summed E-state index contributed by atoms with van der Waals surface area (Å²) in [5.74, 6) is -0.479. The van der Waals surface area contributed by atoms with E-state index in [4.69, 9.17) is 21.4 Å². The van der Waals surface area contributed by atoms with E-state index in [9.17, 15) is 4.79 Å². The molecule has 0 saturated heterocycles. The average molecular weight is 310 g/mol. The number of carbonyl (C=O) groups is 1. The van der Waals surface area contributed by atoms with Crippen molar-refractivity contribution in [2.45, 2.75) is 26.3 Å². The van der Waals surface area contributed by atoms with Gasteiger partial charge >= 0.3 is 5.97 Å². The Morgan fingerprint density at radius 1 is 1.43 bits per heavy atom. The van der Waals surface area contributed by atoms with Crippen molar-refractivity contribution < 1.29 is 14.6 Å². The molecule has 0 aliphatic rings. The number of carboxylic acid groups (broad SMARTS) is 1. The second kappa shape index (κ2) is 6.58. The summed E-state index contributed by atoms with van der Waals surface area (Å²) in [4.78, 5) is 11.1. The number of rotatable bonds is 6. The van der Waals surface area contributed by atoms with E-state index in [1.165, 1.54) is 0 Å². The van der Waals surface area contributed by atoms with Crippen LogP contribution in [0.4, 0.5) is 0 Å². The molecule has 0 amide bonds. The maximum absolute atomic E-state index is 11.1. The summed E-state index contributed by atoms with van der Waals surface area (Å²) in [6.45, 7) is 4.53. The van der Waals surface area contributed by atoms with Gasteiger partial charge in [0.2, 0.25) is 0 Å². The first kappa shape index (κ1) is 15.3. The van der Waals surface area contributed by atoms with Crippen molar-refractivity contribution in [3.05, 3.63) is 40.7 Å². The molecule has 0 aliphatic carbocycles. The van der Waals surface area contributed by atoms with E-state index in [1.807, 2.05) is 26.0 Å². The number of aromatic nitrogens is 3. The molecule has 2 rings (SSSR count). The summed E-state index contributed by atoms with van der Waals surface area (Å²) < 4.78 is 7.14. The third kappa shape index (κ3) is 3.52. The minimum Gasteiger partial charge on any atom is -0.490 e. The quantitative estimate of drug-likeness (QED) is 0.887. The zero-order valence-corrected chi connectivity index (χ0v) is 12.5. The lowest BCUT2D eigenvalue weighted by atomic mass is 10.1. The first-order valence-electron chi connectivity index (χ1n) is 6.54. The van der Waals surface area contributed by atoms with E-state index in [2.05, 4.69) is 10.3 Å². The zero-order valence-electron chi connectivity index (χ0n) is 11.8. The number of benzene rings is 1. The number of ether oxygens (including phenoxy) is 1. The maximum Gasteiger partial charge on any atom is 0.358 e. The van der Waals surface area contributed by atoms with Crippen LogP contribution in [-0.4, -0.2) is 32.7 Å². The van der Waals surface area contributed by atoms with Crippen LogP contribution in [0.2, 0.25) is 5.02 Å². The summed E-state index contributed by atoms with van der Waals surface area (Å²) >= 11 is 6.00. The summed E-state index contributed by atoms with van der Waals surface area (Å²) in [5, 5.41) is 17.2. The van der Waals surface area contributed by atoms with Crippen LogP contribution < -0.4 is 4.74 Å². The Morgan fingerprint density at radius 2 is 2.14 bits per heavy atom. The lowest BCUT2D eigenvalue weighted by Gasteiger charge is -2.11. The molecule has 0 bridgehead atoms. The molecular weight excluding hydrogens is 294 g/mol. The second-order valence-corrected chi connectivity index (χ2v) is 5.19. The molecule has 0 spiro atoms. The SMILES string of the molecule is CC(C)c1c(C(=O)O)nnn1CCOc1ccccc1Cl. The topological polar surface area (TPSA) is 77.2 Å². The van der Waals surface area contributed by atoms with Gasteiger partial charge in [0.05, 0.1) is 17.3 Å². The fourth-order valence-corrected chi connectivity index (χ4v) is 2.20. The van der Waals surface area contributed by atoms with Gasteiger partial charge in [-0.2, -0.15) is 0 Å². The van der Waals surface area contributed by atoms with Crippen molar-refractivity contribution >= 4 is 17.6 Å². The third-order valence-corrected chi connectivity index (χ3v) is 3.23. The minimum absolute atomic E-state index is 0.00594. The summed E-state index contributed by atoms with van der Waals surface area (Å²) in [6, 6.07) is 7.17. The van der Waals surface area contributed by atoms with Crippen molar-refractivity contribution in [2.75, 3.05) is 6.61 Å². The largest absolute Gasteiger partial charge is 0.490 e. The molecule has 2 aromatic rings. The van der Waals surface area contributed by atoms with Gasteiger partial charge in [0.1, 0.15) is 12.4 Å². The van der Waals surface area contributed by atoms with Gasteiger partial charge in [-0.1, -0.05) is 42.8 Å². The number of halogens is 1. The van der Waals surface area contributed by atoms with Crippen LogP contribution in [-0.2, 0) is 6.54 Å². The molecule has 1 aromatic heterocycles. The minimum atomic E-state index is -1.07. The van der Waals surface area contributed by atoms with Gasteiger partial charge in [-0.05, 0) is 18.1 Å². The summed E-state index contributed by atoms with van der Waals surface area (Å²) in [5.41, 5.74) is 0.577. The van der Waals surface area contributed by atoms with Gasteiger partial charge in [-0.3, -0.25) is 0 Å². The number of carboxylic acids is 1. The summed E-state index contributed by atoms with van der Waals surface area (Å²) in [7, 11) is 0. The highest BCUT2D eigenvalue weighted by Crippen LogP contribution is 2.23. The predicted octanol–water partition coefficient (Wildman–Crippen LogP) is 2.83. The summed E-state index contributed by atoms with van der Waals surface area (Å²) in [6.07, 6.45) is 0. The van der Waals surface area contributed by atoms with E-state index in [0.29, 0.717) is 29.6 Å². The maximum atomic E-state index is 11.1. The Bertz CT molecular complexity index is 640. The van der Waals surface area contributed by atoms with E-state index < -0.39 is 5.97 Å². The van der Waals surface area contributed by atoms with Gasteiger partial charge in [0.15, 0.2) is 5.69 Å².